The number of imidazole rings is 1. The van der Waals surface area contributed by atoms with Gasteiger partial charge in [-0.3, -0.25) is 0 Å². The third-order valence-electron chi connectivity index (χ3n) is 2.36. The van der Waals surface area contributed by atoms with Gasteiger partial charge < -0.3 is 4.57 Å². The van der Waals surface area contributed by atoms with E-state index < -0.39 is 0 Å². The van der Waals surface area contributed by atoms with Crippen LogP contribution in [-0.4, -0.2) is 14.5 Å². The van der Waals surface area contributed by atoms with E-state index in [-0.39, 0.29) is 0 Å². The molecule has 0 spiro atoms. The highest BCUT2D eigenvalue weighted by molar-refractivity contribution is 9.10. The lowest BCUT2D eigenvalue weighted by Crippen LogP contribution is -1.89. The summed E-state index contributed by atoms with van der Waals surface area (Å²) in [5, 5.41) is 0.959. The van der Waals surface area contributed by atoms with Gasteiger partial charge in [0.25, 0.3) is 0 Å². The second-order valence-corrected chi connectivity index (χ2v) is 5.44. The van der Waals surface area contributed by atoms with Crippen LogP contribution in [0.5, 0.6) is 0 Å². The fourth-order valence-electron chi connectivity index (χ4n) is 1.57. The number of hydrogen-bond acceptors (Lipinski definition) is 3. The smallest absolute Gasteiger partial charge is 0.168 e. The number of aryl methyl sites for hydroxylation is 1. The van der Waals surface area contributed by atoms with Crippen LogP contribution in [0, 0.1) is 0 Å². The van der Waals surface area contributed by atoms with Crippen molar-refractivity contribution in [1.29, 1.82) is 0 Å². The molecule has 0 saturated heterocycles. The Bertz CT molecular complexity index is 656. The first kappa shape index (κ1) is 9.99. The molecular formula is C11H8BrN3S. The summed E-state index contributed by atoms with van der Waals surface area (Å²) in [5.41, 5.74) is 1.01. The van der Waals surface area contributed by atoms with Gasteiger partial charge in [0.15, 0.2) is 10.8 Å². The highest BCUT2D eigenvalue weighted by Gasteiger charge is 2.09. The SMILES string of the molecule is Cn1ccnc1-c1nc2cc(Br)ccc2s1. The van der Waals surface area contributed by atoms with E-state index in [0.29, 0.717) is 0 Å². The van der Waals surface area contributed by atoms with Gasteiger partial charge in [-0.25, -0.2) is 9.97 Å². The van der Waals surface area contributed by atoms with E-state index in [0.717, 1.165) is 20.8 Å². The summed E-state index contributed by atoms with van der Waals surface area (Å²) in [4.78, 5) is 8.88. The molecule has 0 fully saturated rings. The van der Waals surface area contributed by atoms with Crippen LogP contribution >= 0.6 is 27.3 Å². The van der Waals surface area contributed by atoms with Crippen molar-refractivity contribution in [1.82, 2.24) is 14.5 Å². The molecule has 0 N–H and O–H groups in total. The third kappa shape index (κ3) is 1.56. The van der Waals surface area contributed by atoms with E-state index >= 15 is 0 Å². The Balaban J connectivity index is 2.23. The molecule has 0 aliphatic carbocycles. The summed E-state index contributed by atoms with van der Waals surface area (Å²) >= 11 is 5.11. The molecule has 3 aromatic rings. The predicted octanol–water partition coefficient (Wildman–Crippen LogP) is 3.46. The van der Waals surface area contributed by atoms with Crippen LogP contribution < -0.4 is 0 Å². The topological polar surface area (TPSA) is 30.7 Å². The molecule has 0 radical (unpaired) electrons. The van der Waals surface area contributed by atoms with Crippen molar-refractivity contribution in [2.75, 3.05) is 0 Å². The van der Waals surface area contributed by atoms with Crippen LogP contribution in [0.3, 0.4) is 0 Å². The van der Waals surface area contributed by atoms with Crippen LogP contribution in [0.1, 0.15) is 0 Å². The Morgan fingerprint density at radius 3 is 3.00 bits per heavy atom. The molecule has 16 heavy (non-hydrogen) atoms. The molecule has 3 rings (SSSR count). The van der Waals surface area contributed by atoms with Gasteiger partial charge in [0.05, 0.1) is 10.2 Å². The maximum atomic E-state index is 4.58. The number of benzene rings is 1. The first-order valence-electron chi connectivity index (χ1n) is 4.78. The maximum Gasteiger partial charge on any atom is 0.168 e. The van der Waals surface area contributed by atoms with E-state index in [9.17, 15) is 0 Å². The number of halogens is 1. The fraction of sp³-hybridized carbons (Fsp3) is 0.0909. The summed E-state index contributed by atoms with van der Waals surface area (Å²) in [6.45, 7) is 0. The second-order valence-electron chi connectivity index (χ2n) is 3.49. The van der Waals surface area contributed by atoms with E-state index in [1.165, 1.54) is 4.70 Å². The zero-order chi connectivity index (χ0) is 11.1. The number of aromatic nitrogens is 3. The van der Waals surface area contributed by atoms with Crippen molar-refractivity contribution < 1.29 is 0 Å². The summed E-state index contributed by atoms with van der Waals surface area (Å²) in [6.07, 6.45) is 3.72. The molecule has 0 unspecified atom stereocenters. The summed E-state index contributed by atoms with van der Waals surface area (Å²) < 4.78 is 4.21. The van der Waals surface area contributed by atoms with Crippen LogP contribution in [0.15, 0.2) is 35.1 Å². The standard InChI is InChI=1S/C11H8BrN3S/c1-15-5-4-13-10(15)11-14-8-6-7(12)2-3-9(8)16-11/h2-6H,1H3. The van der Waals surface area contributed by atoms with Gasteiger partial charge in [-0.2, -0.15) is 0 Å². The Hall–Kier alpha value is -1.20. The monoisotopic (exact) mass is 293 g/mol. The Kier molecular flexibility index (Phi) is 2.29. The van der Waals surface area contributed by atoms with Gasteiger partial charge >= 0.3 is 0 Å². The highest BCUT2D eigenvalue weighted by Crippen LogP contribution is 2.30. The van der Waals surface area contributed by atoms with Crippen molar-refractivity contribution in [3.05, 3.63) is 35.1 Å². The van der Waals surface area contributed by atoms with E-state index in [4.69, 9.17) is 0 Å². The minimum atomic E-state index is 0.914. The number of fused-ring (bicyclic) bond motifs is 1. The van der Waals surface area contributed by atoms with Gasteiger partial charge in [-0.05, 0) is 18.2 Å². The van der Waals surface area contributed by atoms with Crippen molar-refractivity contribution in [3.63, 3.8) is 0 Å². The lowest BCUT2D eigenvalue weighted by Gasteiger charge is -1.94. The first-order valence-corrected chi connectivity index (χ1v) is 6.39. The van der Waals surface area contributed by atoms with Crippen LogP contribution in [0.25, 0.3) is 21.0 Å². The van der Waals surface area contributed by atoms with E-state index in [1.807, 2.05) is 29.9 Å². The zero-order valence-corrected chi connectivity index (χ0v) is 10.9. The number of nitrogens with zero attached hydrogens (tertiary/aromatic N) is 3. The fourth-order valence-corrected chi connectivity index (χ4v) is 2.90. The maximum absolute atomic E-state index is 4.58. The molecule has 0 bridgehead atoms. The van der Waals surface area contributed by atoms with Crippen LogP contribution in [0.2, 0.25) is 0 Å². The molecule has 0 aliphatic heterocycles. The predicted molar refractivity (Wildman–Crippen MR) is 69.5 cm³/mol. The first-order chi connectivity index (χ1) is 7.74. The van der Waals surface area contributed by atoms with E-state index in [2.05, 4.69) is 32.0 Å². The summed E-state index contributed by atoms with van der Waals surface area (Å²) in [5.74, 6) is 0.914. The number of hydrogen-bond donors (Lipinski definition) is 0. The average molecular weight is 294 g/mol. The lowest BCUT2D eigenvalue weighted by atomic mass is 10.3. The van der Waals surface area contributed by atoms with Crippen LogP contribution in [0.4, 0.5) is 0 Å². The molecule has 1 aromatic carbocycles. The number of thiazole rings is 1. The molecule has 0 aliphatic rings. The summed E-state index contributed by atoms with van der Waals surface area (Å²) in [6, 6.07) is 6.13. The van der Waals surface area contributed by atoms with Gasteiger partial charge in [0.1, 0.15) is 0 Å². The van der Waals surface area contributed by atoms with E-state index in [1.54, 1.807) is 17.5 Å². The van der Waals surface area contributed by atoms with Crippen molar-refractivity contribution >= 4 is 37.5 Å². The third-order valence-corrected chi connectivity index (χ3v) is 3.89. The molecule has 0 amide bonds. The molecule has 2 aromatic heterocycles. The zero-order valence-electron chi connectivity index (χ0n) is 8.51. The van der Waals surface area contributed by atoms with Crippen molar-refractivity contribution in [2.45, 2.75) is 0 Å². The molecule has 5 heteroatoms. The molecular weight excluding hydrogens is 286 g/mol. The molecule has 0 atom stereocenters. The highest BCUT2D eigenvalue weighted by atomic mass is 79.9. The molecule has 3 nitrogen and oxygen atoms in total. The van der Waals surface area contributed by atoms with Crippen molar-refractivity contribution in [2.24, 2.45) is 7.05 Å². The summed E-state index contributed by atoms with van der Waals surface area (Å²) in [7, 11) is 1.98. The minimum Gasteiger partial charge on any atom is -0.332 e. The molecule has 0 saturated carbocycles. The molecule has 80 valence electrons. The normalized spacial score (nSPS) is 11.1. The average Bonchev–Trinajstić information content (AvgIpc) is 2.82. The minimum absolute atomic E-state index is 0.914. The van der Waals surface area contributed by atoms with Gasteiger partial charge in [-0.1, -0.05) is 15.9 Å². The molecule has 2 heterocycles. The van der Waals surface area contributed by atoms with Gasteiger partial charge in [0.2, 0.25) is 0 Å². The Labute approximate surface area is 105 Å². The van der Waals surface area contributed by atoms with Crippen molar-refractivity contribution in [3.8, 4) is 10.8 Å². The quantitative estimate of drug-likeness (QED) is 0.688. The van der Waals surface area contributed by atoms with Gasteiger partial charge in [0, 0.05) is 23.9 Å². The lowest BCUT2D eigenvalue weighted by molar-refractivity contribution is 0.923. The van der Waals surface area contributed by atoms with Gasteiger partial charge in [-0.15, -0.1) is 11.3 Å². The number of rotatable bonds is 1. The Morgan fingerprint density at radius 1 is 1.38 bits per heavy atom. The largest absolute Gasteiger partial charge is 0.332 e. The van der Waals surface area contributed by atoms with Crippen LogP contribution in [-0.2, 0) is 7.05 Å². The second kappa shape index (κ2) is 3.68. The Morgan fingerprint density at radius 2 is 2.25 bits per heavy atom.